The number of benzene rings is 2. The molecular weight excluding hydrogens is 336 g/mol. The first-order chi connectivity index (χ1) is 12.7. The van der Waals surface area contributed by atoms with Crippen LogP contribution in [0.4, 0.5) is 11.4 Å². The number of hydrogen-bond acceptors (Lipinski definition) is 3. The van der Waals surface area contributed by atoms with Gasteiger partial charge in [0.05, 0.1) is 11.3 Å². The Labute approximate surface area is 161 Å². The van der Waals surface area contributed by atoms with Crippen molar-refractivity contribution >= 4 is 17.3 Å². The average molecular weight is 364 g/mol. The van der Waals surface area contributed by atoms with Gasteiger partial charge in [-0.15, -0.1) is 5.11 Å². The Kier molecular flexibility index (Phi) is 5.18. The van der Waals surface area contributed by atoms with Crippen molar-refractivity contribution in [3.63, 3.8) is 0 Å². The van der Waals surface area contributed by atoms with Gasteiger partial charge in [-0.25, -0.2) is 4.79 Å². The zero-order valence-electron chi connectivity index (χ0n) is 16.6. The van der Waals surface area contributed by atoms with E-state index in [2.05, 4.69) is 50.1 Å². The van der Waals surface area contributed by atoms with Gasteiger partial charge in [-0.1, -0.05) is 52.0 Å². The third-order valence-corrected chi connectivity index (χ3v) is 5.33. The van der Waals surface area contributed by atoms with Crippen LogP contribution in [-0.4, -0.2) is 11.1 Å². The molecule has 0 heterocycles. The predicted molar refractivity (Wildman–Crippen MR) is 108 cm³/mol. The highest BCUT2D eigenvalue weighted by molar-refractivity contribution is 5.93. The summed E-state index contributed by atoms with van der Waals surface area (Å²) in [6.45, 7) is 9.46. The van der Waals surface area contributed by atoms with Crippen molar-refractivity contribution in [2.75, 3.05) is 0 Å². The van der Waals surface area contributed by atoms with Crippen LogP contribution in [0.15, 0.2) is 58.8 Å². The molecule has 0 amide bonds. The van der Waals surface area contributed by atoms with Gasteiger partial charge in [-0.3, -0.25) is 0 Å². The number of carboxylic acid groups (broad SMARTS) is 1. The molecule has 142 valence electrons. The highest BCUT2D eigenvalue weighted by atomic mass is 16.4. The zero-order valence-corrected chi connectivity index (χ0v) is 16.6. The Bertz CT molecular complexity index is 835. The summed E-state index contributed by atoms with van der Waals surface area (Å²) in [7, 11) is 0. The summed E-state index contributed by atoms with van der Waals surface area (Å²) >= 11 is 0. The van der Waals surface area contributed by atoms with E-state index in [1.54, 1.807) is 18.2 Å². The lowest BCUT2D eigenvalue weighted by atomic mass is 9.60. The van der Waals surface area contributed by atoms with Crippen LogP contribution in [0.1, 0.15) is 68.8 Å². The quantitative estimate of drug-likeness (QED) is 0.587. The number of carboxylic acids is 1. The van der Waals surface area contributed by atoms with Crippen molar-refractivity contribution in [2.45, 2.75) is 52.9 Å². The van der Waals surface area contributed by atoms with Crippen molar-refractivity contribution in [2.24, 2.45) is 21.1 Å². The first-order valence-electron chi connectivity index (χ1n) is 9.49. The van der Waals surface area contributed by atoms with Gasteiger partial charge in [0, 0.05) is 0 Å². The summed E-state index contributed by atoms with van der Waals surface area (Å²) in [5.41, 5.74) is 3.31. The van der Waals surface area contributed by atoms with E-state index in [0.717, 1.165) is 5.69 Å². The van der Waals surface area contributed by atoms with E-state index >= 15 is 0 Å². The van der Waals surface area contributed by atoms with Crippen molar-refractivity contribution < 1.29 is 9.90 Å². The Morgan fingerprint density at radius 2 is 1.52 bits per heavy atom. The standard InChI is InChI=1S/C23H28N2O2/c1-22(2)13-17(14-23(3,4)15-22)16-9-11-18(12-10-16)24-25-20-8-6-5-7-19(20)21(26)27/h5-12,17H,13-15H2,1-4H3,(H,26,27). The lowest BCUT2D eigenvalue weighted by Gasteiger charge is -2.45. The van der Waals surface area contributed by atoms with Crippen molar-refractivity contribution in [1.29, 1.82) is 0 Å². The molecule has 0 atom stereocenters. The molecule has 27 heavy (non-hydrogen) atoms. The molecule has 4 nitrogen and oxygen atoms in total. The first-order valence-corrected chi connectivity index (χ1v) is 9.49. The normalized spacial score (nSPS) is 19.3. The molecule has 2 aromatic rings. The van der Waals surface area contributed by atoms with E-state index < -0.39 is 5.97 Å². The molecule has 1 saturated carbocycles. The summed E-state index contributed by atoms with van der Waals surface area (Å²) < 4.78 is 0. The van der Waals surface area contributed by atoms with Crippen LogP contribution in [0, 0.1) is 10.8 Å². The van der Waals surface area contributed by atoms with E-state index in [4.69, 9.17) is 0 Å². The average Bonchev–Trinajstić information content (AvgIpc) is 2.58. The second kappa shape index (κ2) is 7.26. The second-order valence-corrected chi connectivity index (χ2v) is 9.22. The fourth-order valence-electron chi connectivity index (χ4n) is 4.75. The van der Waals surface area contributed by atoms with Crippen LogP contribution in [0.3, 0.4) is 0 Å². The lowest BCUT2D eigenvalue weighted by molar-refractivity contribution is 0.0697. The summed E-state index contributed by atoms with van der Waals surface area (Å²) in [4.78, 5) is 11.3. The van der Waals surface area contributed by atoms with Gasteiger partial charge in [0.1, 0.15) is 5.69 Å². The van der Waals surface area contributed by atoms with E-state index in [1.165, 1.54) is 30.9 Å². The number of nitrogens with zero attached hydrogens (tertiary/aromatic N) is 2. The molecule has 0 saturated heterocycles. The van der Waals surface area contributed by atoms with Crippen LogP contribution in [0.2, 0.25) is 0 Å². The van der Waals surface area contributed by atoms with Crippen LogP contribution in [0.5, 0.6) is 0 Å². The Balaban J connectivity index is 1.77. The SMILES string of the molecule is CC1(C)CC(c2ccc(N=Nc3ccccc3C(=O)O)cc2)CC(C)(C)C1. The van der Waals surface area contributed by atoms with Gasteiger partial charge in [0.15, 0.2) is 0 Å². The van der Waals surface area contributed by atoms with E-state index in [1.807, 2.05) is 12.1 Å². The minimum Gasteiger partial charge on any atom is -0.478 e. The molecule has 0 aromatic heterocycles. The molecule has 0 bridgehead atoms. The second-order valence-electron chi connectivity index (χ2n) is 9.22. The van der Waals surface area contributed by atoms with E-state index in [9.17, 15) is 9.90 Å². The van der Waals surface area contributed by atoms with E-state index in [0.29, 0.717) is 22.4 Å². The van der Waals surface area contributed by atoms with Crippen molar-refractivity contribution in [1.82, 2.24) is 0 Å². The fraction of sp³-hybridized carbons (Fsp3) is 0.435. The third kappa shape index (κ3) is 4.82. The van der Waals surface area contributed by atoms with Crippen molar-refractivity contribution in [3.8, 4) is 0 Å². The largest absolute Gasteiger partial charge is 0.478 e. The molecule has 3 rings (SSSR count). The lowest BCUT2D eigenvalue weighted by Crippen LogP contribution is -2.32. The minimum absolute atomic E-state index is 0.157. The maximum atomic E-state index is 11.3. The number of rotatable bonds is 4. The minimum atomic E-state index is -0.998. The molecule has 0 radical (unpaired) electrons. The summed E-state index contributed by atoms with van der Waals surface area (Å²) in [5, 5.41) is 17.6. The summed E-state index contributed by atoms with van der Waals surface area (Å²) in [6.07, 6.45) is 3.65. The molecular formula is C23H28N2O2. The Morgan fingerprint density at radius 1 is 0.926 bits per heavy atom. The summed E-state index contributed by atoms with van der Waals surface area (Å²) in [5.74, 6) is -0.440. The number of azo groups is 1. The molecule has 1 N–H and O–H groups in total. The highest BCUT2D eigenvalue weighted by Gasteiger charge is 2.38. The number of hydrogen-bond donors (Lipinski definition) is 1. The van der Waals surface area contributed by atoms with Gasteiger partial charge in [-0.05, 0) is 65.8 Å². The first kappa shape index (κ1) is 19.3. The maximum absolute atomic E-state index is 11.3. The van der Waals surface area contributed by atoms with Crippen LogP contribution in [-0.2, 0) is 0 Å². The smallest absolute Gasteiger partial charge is 0.337 e. The third-order valence-electron chi connectivity index (χ3n) is 5.33. The van der Waals surface area contributed by atoms with Gasteiger partial charge in [0.25, 0.3) is 0 Å². The predicted octanol–water partition coefficient (Wildman–Crippen LogP) is 7.12. The monoisotopic (exact) mass is 364 g/mol. The topological polar surface area (TPSA) is 62.0 Å². The van der Waals surface area contributed by atoms with Crippen LogP contribution >= 0.6 is 0 Å². The molecule has 4 heteroatoms. The van der Waals surface area contributed by atoms with Gasteiger partial charge >= 0.3 is 5.97 Å². The van der Waals surface area contributed by atoms with Gasteiger partial charge < -0.3 is 5.11 Å². The van der Waals surface area contributed by atoms with E-state index in [-0.39, 0.29) is 5.56 Å². The fourth-order valence-corrected chi connectivity index (χ4v) is 4.75. The molecule has 1 fully saturated rings. The van der Waals surface area contributed by atoms with Crippen LogP contribution < -0.4 is 0 Å². The molecule has 1 aliphatic carbocycles. The maximum Gasteiger partial charge on any atom is 0.337 e. The Morgan fingerprint density at radius 3 is 2.11 bits per heavy atom. The molecule has 2 aromatic carbocycles. The Hall–Kier alpha value is -2.49. The summed E-state index contributed by atoms with van der Waals surface area (Å²) in [6, 6.07) is 14.9. The number of carbonyl (C=O) groups is 1. The number of aromatic carboxylic acids is 1. The molecule has 0 unspecified atom stereocenters. The van der Waals surface area contributed by atoms with Gasteiger partial charge in [-0.2, -0.15) is 5.11 Å². The van der Waals surface area contributed by atoms with Crippen molar-refractivity contribution in [3.05, 3.63) is 59.7 Å². The highest BCUT2D eigenvalue weighted by Crippen LogP contribution is 2.51. The van der Waals surface area contributed by atoms with Gasteiger partial charge in [0.2, 0.25) is 0 Å². The molecule has 0 aliphatic heterocycles. The van der Waals surface area contributed by atoms with Crippen LogP contribution in [0.25, 0.3) is 0 Å². The zero-order chi connectivity index (χ0) is 19.7. The molecule has 1 aliphatic rings. The molecule has 0 spiro atoms.